The third kappa shape index (κ3) is 3.85. The first kappa shape index (κ1) is 11.3. The van der Waals surface area contributed by atoms with Crippen molar-refractivity contribution in [3.05, 3.63) is 35.9 Å². The number of hydrogen-bond acceptors (Lipinski definition) is 3. The van der Waals surface area contributed by atoms with E-state index in [1.165, 1.54) is 0 Å². The Hall–Kier alpha value is -1.78. The predicted octanol–water partition coefficient (Wildman–Crippen LogP) is 0.811. The van der Waals surface area contributed by atoms with E-state index in [0.717, 1.165) is 12.0 Å². The van der Waals surface area contributed by atoms with E-state index in [-0.39, 0.29) is 0 Å². The van der Waals surface area contributed by atoms with Gasteiger partial charge >= 0.3 is 14.0 Å². The van der Waals surface area contributed by atoms with Gasteiger partial charge in [-0.05, 0) is 5.56 Å². The van der Waals surface area contributed by atoms with Gasteiger partial charge in [-0.25, -0.2) is 9.79 Å². The van der Waals surface area contributed by atoms with Crippen molar-refractivity contribution in [1.82, 2.24) is 0 Å². The number of benzene rings is 1. The summed E-state index contributed by atoms with van der Waals surface area (Å²) in [5.74, 6) is -1.01. The largest absolute Gasteiger partial charge is 0.560 e. The molecule has 2 radical (unpaired) electrons. The summed E-state index contributed by atoms with van der Waals surface area (Å²) >= 11 is 0. The monoisotopic (exact) mass is 203 g/mol. The van der Waals surface area contributed by atoms with E-state index in [9.17, 15) is 4.79 Å². The molecular formula is C10H10BNO3. The van der Waals surface area contributed by atoms with E-state index in [0.29, 0.717) is 6.42 Å². The molecule has 0 saturated carbocycles. The molecular weight excluding hydrogens is 193 g/mol. The summed E-state index contributed by atoms with van der Waals surface area (Å²) in [4.78, 5) is 14.5. The first-order valence-corrected chi connectivity index (χ1v) is 4.38. The summed E-state index contributed by atoms with van der Waals surface area (Å²) in [6.07, 6.45) is 1.25. The zero-order valence-electron chi connectivity index (χ0n) is 8.04. The molecule has 0 spiro atoms. The van der Waals surface area contributed by atoms with Crippen LogP contribution in [0.4, 0.5) is 0 Å². The Bertz CT molecular complexity index is 340. The minimum atomic E-state index is -1.01. The Morgan fingerprint density at radius 3 is 2.73 bits per heavy atom. The molecule has 1 N–H and O–H groups in total. The van der Waals surface area contributed by atoms with Crippen molar-refractivity contribution in [2.24, 2.45) is 4.99 Å². The zero-order valence-corrected chi connectivity index (χ0v) is 8.04. The van der Waals surface area contributed by atoms with Crippen LogP contribution in [0.1, 0.15) is 5.56 Å². The van der Waals surface area contributed by atoms with Crippen LogP contribution >= 0.6 is 0 Å². The molecule has 0 aliphatic heterocycles. The van der Waals surface area contributed by atoms with Gasteiger partial charge in [0.25, 0.3) is 0 Å². The SMILES string of the molecule is [B]OC=NC(Cc1ccccc1)C(=O)O. The van der Waals surface area contributed by atoms with Crippen molar-refractivity contribution in [3.8, 4) is 0 Å². The summed E-state index contributed by atoms with van der Waals surface area (Å²) in [5, 5.41) is 8.85. The molecule has 0 aliphatic rings. The number of nitrogens with zero attached hydrogens (tertiary/aromatic N) is 1. The fourth-order valence-electron chi connectivity index (χ4n) is 1.15. The average molecular weight is 203 g/mol. The van der Waals surface area contributed by atoms with Gasteiger partial charge in [0.15, 0.2) is 12.4 Å². The van der Waals surface area contributed by atoms with Crippen LogP contribution < -0.4 is 0 Å². The molecule has 15 heavy (non-hydrogen) atoms. The van der Waals surface area contributed by atoms with Crippen LogP contribution in [0.2, 0.25) is 0 Å². The number of aliphatic imine (C=N–C) groups is 1. The zero-order chi connectivity index (χ0) is 11.1. The Balaban J connectivity index is 2.67. The summed E-state index contributed by atoms with van der Waals surface area (Å²) < 4.78 is 4.11. The van der Waals surface area contributed by atoms with Crippen LogP contribution in [0, 0.1) is 0 Å². The van der Waals surface area contributed by atoms with Crippen molar-refractivity contribution < 1.29 is 14.6 Å². The second kappa shape index (κ2) is 5.85. The summed E-state index contributed by atoms with van der Waals surface area (Å²) in [6, 6.07) is 8.38. The minimum Gasteiger partial charge on any atom is -0.560 e. The first-order valence-electron chi connectivity index (χ1n) is 4.38. The van der Waals surface area contributed by atoms with Gasteiger partial charge in [0.1, 0.15) is 0 Å². The Kier molecular flexibility index (Phi) is 4.41. The quantitative estimate of drug-likeness (QED) is 0.437. The molecule has 0 fully saturated rings. The third-order valence-corrected chi connectivity index (χ3v) is 1.86. The highest BCUT2D eigenvalue weighted by molar-refractivity contribution is 6.02. The van der Waals surface area contributed by atoms with Crippen LogP contribution in [-0.2, 0) is 15.9 Å². The molecule has 1 aromatic carbocycles. The van der Waals surface area contributed by atoms with Crippen LogP contribution in [0.15, 0.2) is 35.3 Å². The van der Waals surface area contributed by atoms with E-state index in [1.807, 2.05) is 30.3 Å². The third-order valence-electron chi connectivity index (χ3n) is 1.86. The maximum absolute atomic E-state index is 10.8. The fraction of sp³-hybridized carbons (Fsp3) is 0.200. The van der Waals surface area contributed by atoms with E-state index in [1.54, 1.807) is 0 Å². The average Bonchev–Trinajstić information content (AvgIpc) is 2.25. The maximum Gasteiger partial charge on any atom is 0.375 e. The van der Waals surface area contributed by atoms with Gasteiger partial charge in [-0.2, -0.15) is 0 Å². The van der Waals surface area contributed by atoms with E-state index in [4.69, 9.17) is 13.2 Å². The van der Waals surface area contributed by atoms with Gasteiger partial charge in [-0.3, -0.25) is 0 Å². The molecule has 0 aliphatic carbocycles. The molecule has 1 unspecified atom stereocenters. The first-order chi connectivity index (χ1) is 7.24. The molecule has 0 saturated heterocycles. The molecule has 4 nitrogen and oxygen atoms in total. The van der Waals surface area contributed by atoms with Crippen molar-refractivity contribution in [2.75, 3.05) is 0 Å². The molecule has 0 bridgehead atoms. The molecule has 1 rings (SSSR count). The van der Waals surface area contributed by atoms with Gasteiger partial charge < -0.3 is 9.76 Å². The topological polar surface area (TPSA) is 58.9 Å². The van der Waals surface area contributed by atoms with Crippen molar-refractivity contribution >= 4 is 20.4 Å². The van der Waals surface area contributed by atoms with Crippen molar-refractivity contribution in [1.29, 1.82) is 0 Å². The van der Waals surface area contributed by atoms with Crippen LogP contribution in [0.5, 0.6) is 0 Å². The molecule has 1 atom stereocenters. The second-order valence-corrected chi connectivity index (χ2v) is 2.93. The number of aliphatic carboxylic acids is 1. The molecule has 1 aromatic rings. The summed E-state index contributed by atoms with van der Waals surface area (Å²) in [7, 11) is 4.73. The lowest BCUT2D eigenvalue weighted by Gasteiger charge is -2.06. The number of carboxylic acids is 1. The minimum absolute atomic E-state index is 0.316. The normalized spacial score (nSPS) is 12.5. The van der Waals surface area contributed by atoms with Crippen molar-refractivity contribution in [3.63, 3.8) is 0 Å². The molecule has 5 heteroatoms. The fourth-order valence-corrected chi connectivity index (χ4v) is 1.15. The Morgan fingerprint density at radius 2 is 2.20 bits per heavy atom. The number of carbonyl (C=O) groups is 1. The van der Waals surface area contributed by atoms with Gasteiger partial charge in [-0.15, -0.1) is 0 Å². The Labute approximate surface area is 89.0 Å². The van der Waals surface area contributed by atoms with E-state index in [2.05, 4.69) is 9.65 Å². The second-order valence-electron chi connectivity index (χ2n) is 2.93. The molecule has 0 heterocycles. The van der Waals surface area contributed by atoms with Crippen LogP contribution in [0.25, 0.3) is 0 Å². The summed E-state index contributed by atoms with van der Waals surface area (Å²) in [6.45, 7) is 0. The van der Waals surface area contributed by atoms with Gasteiger partial charge in [0.05, 0.1) is 0 Å². The number of carboxylic acid groups (broad SMARTS) is 1. The van der Waals surface area contributed by atoms with Gasteiger partial charge in [-0.1, -0.05) is 30.3 Å². The smallest absolute Gasteiger partial charge is 0.375 e. The maximum atomic E-state index is 10.8. The standard InChI is InChI=1S/C10H10BNO3/c11-15-7-12-9(10(13)14)6-8-4-2-1-3-5-8/h1-5,7,9H,6H2,(H,13,14). The van der Waals surface area contributed by atoms with E-state index >= 15 is 0 Å². The summed E-state index contributed by atoms with van der Waals surface area (Å²) in [5.41, 5.74) is 0.902. The molecule has 76 valence electrons. The van der Waals surface area contributed by atoms with Gasteiger partial charge in [0.2, 0.25) is 0 Å². The number of rotatable bonds is 5. The highest BCUT2D eigenvalue weighted by Crippen LogP contribution is 2.05. The van der Waals surface area contributed by atoms with Crippen LogP contribution in [0.3, 0.4) is 0 Å². The predicted molar refractivity (Wildman–Crippen MR) is 56.9 cm³/mol. The van der Waals surface area contributed by atoms with Crippen LogP contribution in [-0.4, -0.2) is 31.6 Å². The lowest BCUT2D eigenvalue weighted by molar-refractivity contribution is -0.138. The Morgan fingerprint density at radius 1 is 1.53 bits per heavy atom. The van der Waals surface area contributed by atoms with E-state index < -0.39 is 12.0 Å². The van der Waals surface area contributed by atoms with Gasteiger partial charge in [0, 0.05) is 6.42 Å². The van der Waals surface area contributed by atoms with Crippen molar-refractivity contribution in [2.45, 2.75) is 12.5 Å². The lowest BCUT2D eigenvalue weighted by Crippen LogP contribution is -2.21. The molecule has 0 aromatic heterocycles. The lowest BCUT2D eigenvalue weighted by atomic mass is 10.1. The number of hydrogen-bond donors (Lipinski definition) is 1. The molecule has 0 amide bonds. The highest BCUT2D eigenvalue weighted by atomic mass is 16.4. The highest BCUT2D eigenvalue weighted by Gasteiger charge is 2.15.